The van der Waals surface area contributed by atoms with E-state index < -0.39 is 0 Å². The minimum atomic E-state index is -0.280. The van der Waals surface area contributed by atoms with Crippen LogP contribution in [-0.2, 0) is 11.2 Å². The van der Waals surface area contributed by atoms with Gasteiger partial charge in [0, 0.05) is 19.8 Å². The van der Waals surface area contributed by atoms with Gasteiger partial charge in [0.05, 0.1) is 0 Å². The van der Waals surface area contributed by atoms with Crippen LogP contribution in [0, 0.1) is 6.92 Å². The van der Waals surface area contributed by atoms with E-state index in [1.165, 1.54) is 0 Å². The molecule has 0 saturated heterocycles. The molecule has 0 bridgehead atoms. The first-order valence-corrected chi connectivity index (χ1v) is 6.82. The van der Waals surface area contributed by atoms with Crippen LogP contribution in [0.1, 0.15) is 43.2 Å². The van der Waals surface area contributed by atoms with Crippen molar-refractivity contribution in [3.63, 3.8) is 0 Å². The Labute approximate surface area is 118 Å². The maximum atomic E-state index is 11.8. The molecule has 0 aliphatic rings. The fourth-order valence-electron chi connectivity index (χ4n) is 2.00. The summed E-state index contributed by atoms with van der Waals surface area (Å²) in [6.45, 7) is 3.71. The zero-order valence-corrected chi connectivity index (χ0v) is 11.8. The fraction of sp³-hybridized carbons (Fsp3) is 0.400. The standard InChI is InChI=1S/C15H19N3O2/c1-3-7-14(19)16-13(15-18-17-11(2)20-15)10-12-8-5-4-6-9-12/h4-6,8-9,13H,3,7,10H2,1-2H3,(H,16,19). The van der Waals surface area contributed by atoms with Crippen LogP contribution < -0.4 is 5.32 Å². The molecule has 1 aromatic heterocycles. The van der Waals surface area contributed by atoms with Crippen molar-refractivity contribution in [2.24, 2.45) is 0 Å². The molecule has 0 aliphatic carbocycles. The first-order chi connectivity index (χ1) is 9.69. The molecule has 1 N–H and O–H groups in total. The molecule has 0 fully saturated rings. The highest BCUT2D eigenvalue weighted by Gasteiger charge is 2.20. The summed E-state index contributed by atoms with van der Waals surface area (Å²) >= 11 is 0. The van der Waals surface area contributed by atoms with Gasteiger partial charge in [-0.3, -0.25) is 4.79 Å². The lowest BCUT2D eigenvalue weighted by atomic mass is 10.1. The molecule has 5 nitrogen and oxygen atoms in total. The van der Waals surface area contributed by atoms with Gasteiger partial charge in [0.25, 0.3) is 0 Å². The summed E-state index contributed by atoms with van der Waals surface area (Å²) in [5.74, 6) is 0.961. The number of amides is 1. The molecule has 1 amide bonds. The molecular weight excluding hydrogens is 254 g/mol. The van der Waals surface area contributed by atoms with Crippen molar-refractivity contribution >= 4 is 5.91 Å². The van der Waals surface area contributed by atoms with E-state index in [0.717, 1.165) is 12.0 Å². The summed E-state index contributed by atoms with van der Waals surface area (Å²) in [6, 6.07) is 9.66. The Morgan fingerprint density at radius 3 is 2.65 bits per heavy atom. The van der Waals surface area contributed by atoms with Crippen LogP contribution in [0.15, 0.2) is 34.7 Å². The molecule has 0 saturated carbocycles. The summed E-state index contributed by atoms with van der Waals surface area (Å²) in [4.78, 5) is 11.8. The van der Waals surface area contributed by atoms with Gasteiger partial charge < -0.3 is 9.73 Å². The second kappa shape index (κ2) is 6.84. The van der Waals surface area contributed by atoms with Crippen LogP contribution in [0.5, 0.6) is 0 Å². The van der Waals surface area contributed by atoms with Crippen molar-refractivity contribution in [1.29, 1.82) is 0 Å². The number of nitrogens with zero attached hydrogens (tertiary/aromatic N) is 2. The van der Waals surface area contributed by atoms with Crippen molar-refractivity contribution in [3.8, 4) is 0 Å². The molecule has 1 unspecified atom stereocenters. The van der Waals surface area contributed by atoms with Gasteiger partial charge in [-0.1, -0.05) is 37.3 Å². The largest absolute Gasteiger partial charge is 0.423 e. The summed E-state index contributed by atoms with van der Waals surface area (Å²) in [7, 11) is 0. The number of benzene rings is 1. The van der Waals surface area contributed by atoms with E-state index in [0.29, 0.717) is 24.6 Å². The topological polar surface area (TPSA) is 68.0 Å². The van der Waals surface area contributed by atoms with Crippen LogP contribution in [0.2, 0.25) is 0 Å². The summed E-state index contributed by atoms with van der Waals surface area (Å²) in [5.41, 5.74) is 1.12. The Hall–Kier alpha value is -2.17. The number of rotatable bonds is 6. The quantitative estimate of drug-likeness (QED) is 0.878. The van der Waals surface area contributed by atoms with Crippen LogP contribution in [0.3, 0.4) is 0 Å². The summed E-state index contributed by atoms with van der Waals surface area (Å²) in [5, 5.41) is 10.8. The summed E-state index contributed by atoms with van der Waals surface area (Å²) in [6.07, 6.45) is 1.95. The minimum absolute atomic E-state index is 0.00397. The number of aryl methyl sites for hydroxylation is 1. The maximum Gasteiger partial charge on any atom is 0.239 e. The fourth-order valence-corrected chi connectivity index (χ4v) is 2.00. The lowest BCUT2D eigenvalue weighted by molar-refractivity contribution is -0.122. The first kappa shape index (κ1) is 14.2. The molecule has 0 spiro atoms. The minimum Gasteiger partial charge on any atom is -0.423 e. The molecular formula is C15H19N3O2. The van der Waals surface area contributed by atoms with Crippen LogP contribution in [-0.4, -0.2) is 16.1 Å². The van der Waals surface area contributed by atoms with Gasteiger partial charge in [-0.2, -0.15) is 0 Å². The van der Waals surface area contributed by atoms with Crippen LogP contribution in [0.25, 0.3) is 0 Å². The lowest BCUT2D eigenvalue weighted by Gasteiger charge is -2.15. The number of nitrogens with one attached hydrogen (secondary N) is 1. The second-order valence-electron chi connectivity index (χ2n) is 4.72. The first-order valence-electron chi connectivity index (χ1n) is 6.82. The zero-order valence-electron chi connectivity index (χ0n) is 11.8. The zero-order chi connectivity index (χ0) is 14.4. The molecule has 1 heterocycles. The SMILES string of the molecule is CCCC(=O)NC(Cc1ccccc1)c1nnc(C)o1. The molecule has 0 aliphatic heterocycles. The Balaban J connectivity index is 2.13. The number of hydrogen-bond donors (Lipinski definition) is 1. The third-order valence-electron chi connectivity index (χ3n) is 2.93. The second-order valence-corrected chi connectivity index (χ2v) is 4.72. The number of carbonyl (C=O) groups is 1. The Bertz CT molecular complexity index is 551. The van der Waals surface area contributed by atoms with E-state index in [1.807, 2.05) is 37.3 Å². The van der Waals surface area contributed by atoms with Crippen LogP contribution in [0.4, 0.5) is 0 Å². The molecule has 2 aromatic rings. The van der Waals surface area contributed by atoms with E-state index in [1.54, 1.807) is 6.92 Å². The number of carbonyl (C=O) groups excluding carboxylic acids is 1. The monoisotopic (exact) mass is 273 g/mol. The Morgan fingerprint density at radius 1 is 1.30 bits per heavy atom. The van der Waals surface area contributed by atoms with Gasteiger partial charge in [0.2, 0.25) is 17.7 Å². The predicted molar refractivity (Wildman–Crippen MR) is 75.0 cm³/mol. The van der Waals surface area contributed by atoms with Crippen LogP contribution >= 0.6 is 0 Å². The average Bonchev–Trinajstić information content (AvgIpc) is 2.86. The van der Waals surface area contributed by atoms with Gasteiger partial charge in [-0.25, -0.2) is 0 Å². The van der Waals surface area contributed by atoms with Crippen molar-refractivity contribution in [1.82, 2.24) is 15.5 Å². The van der Waals surface area contributed by atoms with Crippen molar-refractivity contribution in [2.45, 2.75) is 39.2 Å². The normalized spacial score (nSPS) is 12.1. The van der Waals surface area contributed by atoms with Gasteiger partial charge >= 0.3 is 0 Å². The molecule has 0 radical (unpaired) electrons. The van der Waals surface area contributed by atoms with Gasteiger partial charge in [0.1, 0.15) is 6.04 Å². The molecule has 1 atom stereocenters. The number of hydrogen-bond acceptors (Lipinski definition) is 4. The molecule has 1 aromatic carbocycles. The van der Waals surface area contributed by atoms with E-state index in [2.05, 4.69) is 15.5 Å². The summed E-state index contributed by atoms with van der Waals surface area (Å²) < 4.78 is 5.46. The highest BCUT2D eigenvalue weighted by Crippen LogP contribution is 2.17. The molecule has 5 heteroatoms. The Morgan fingerprint density at radius 2 is 2.05 bits per heavy atom. The van der Waals surface area contributed by atoms with E-state index in [4.69, 9.17) is 4.42 Å². The highest BCUT2D eigenvalue weighted by atomic mass is 16.4. The molecule has 106 valence electrons. The van der Waals surface area contributed by atoms with Gasteiger partial charge in [0.15, 0.2) is 0 Å². The van der Waals surface area contributed by atoms with Gasteiger partial charge in [-0.05, 0) is 12.0 Å². The highest BCUT2D eigenvalue weighted by molar-refractivity contribution is 5.76. The van der Waals surface area contributed by atoms with Crippen molar-refractivity contribution in [3.05, 3.63) is 47.7 Å². The van der Waals surface area contributed by atoms with E-state index in [9.17, 15) is 4.79 Å². The maximum absolute atomic E-state index is 11.8. The smallest absolute Gasteiger partial charge is 0.239 e. The number of aromatic nitrogens is 2. The third-order valence-corrected chi connectivity index (χ3v) is 2.93. The predicted octanol–water partition coefficient (Wildman–Crippen LogP) is 2.58. The lowest BCUT2D eigenvalue weighted by Crippen LogP contribution is -2.30. The van der Waals surface area contributed by atoms with Crippen molar-refractivity contribution < 1.29 is 9.21 Å². The van der Waals surface area contributed by atoms with E-state index >= 15 is 0 Å². The van der Waals surface area contributed by atoms with E-state index in [-0.39, 0.29) is 11.9 Å². The molecule has 2 rings (SSSR count). The van der Waals surface area contributed by atoms with Gasteiger partial charge in [-0.15, -0.1) is 10.2 Å². The third kappa shape index (κ3) is 3.91. The Kier molecular flexibility index (Phi) is 4.87. The average molecular weight is 273 g/mol. The molecule has 20 heavy (non-hydrogen) atoms. The van der Waals surface area contributed by atoms with Crippen molar-refractivity contribution in [2.75, 3.05) is 0 Å².